The molecule has 3 unspecified atom stereocenters. The highest BCUT2D eigenvalue weighted by Gasteiger charge is 2.37. The lowest BCUT2D eigenvalue weighted by Gasteiger charge is -2.29. The molecule has 17 heavy (non-hydrogen) atoms. The lowest BCUT2D eigenvalue weighted by molar-refractivity contribution is -0.134. The van der Waals surface area contributed by atoms with Crippen molar-refractivity contribution in [1.29, 1.82) is 0 Å². The molecule has 2 saturated heterocycles. The summed E-state index contributed by atoms with van der Waals surface area (Å²) < 4.78 is 0. The first kappa shape index (κ1) is 12.8. The van der Waals surface area contributed by atoms with Gasteiger partial charge in [0.05, 0.1) is 12.1 Å². The third kappa shape index (κ3) is 2.97. The average molecular weight is 241 g/mol. The minimum absolute atomic E-state index is 0.0232. The topological polar surface area (TPSA) is 55.8 Å². The van der Waals surface area contributed by atoms with Gasteiger partial charge in [-0.3, -0.25) is 4.79 Å². The first-order valence-corrected chi connectivity index (χ1v) is 6.44. The third-order valence-corrected chi connectivity index (χ3v) is 3.61. The summed E-state index contributed by atoms with van der Waals surface area (Å²) in [5.41, 5.74) is 0. The molecular formula is C12H23N3O2. The Bertz CT molecular complexity index is 277. The summed E-state index contributed by atoms with van der Waals surface area (Å²) in [4.78, 5) is 16.3. The van der Waals surface area contributed by atoms with Gasteiger partial charge in [-0.1, -0.05) is 0 Å². The monoisotopic (exact) mass is 241 g/mol. The highest BCUT2D eigenvalue weighted by Crippen LogP contribution is 2.21. The number of likely N-dealkylation sites (N-methyl/N-ethyl adjacent to an activating group) is 1. The fraction of sp³-hybridized carbons (Fsp3) is 0.917. The van der Waals surface area contributed by atoms with Crippen LogP contribution in [0, 0.1) is 0 Å². The summed E-state index contributed by atoms with van der Waals surface area (Å²) in [7, 11) is 4.00. The molecule has 2 aliphatic heterocycles. The Morgan fingerprint density at radius 1 is 1.53 bits per heavy atom. The number of carbonyl (C=O) groups excluding carboxylic acids is 1. The zero-order chi connectivity index (χ0) is 12.4. The molecule has 2 rings (SSSR count). The van der Waals surface area contributed by atoms with Gasteiger partial charge in [0.15, 0.2) is 0 Å². The number of nitrogens with zero attached hydrogens (tertiary/aromatic N) is 2. The minimum atomic E-state index is -0.356. The van der Waals surface area contributed by atoms with Gasteiger partial charge in [0, 0.05) is 19.1 Å². The molecule has 1 amide bonds. The first-order chi connectivity index (χ1) is 8.08. The third-order valence-electron chi connectivity index (χ3n) is 3.61. The molecule has 98 valence electrons. The molecule has 0 spiro atoms. The molecule has 0 saturated carbocycles. The first-order valence-electron chi connectivity index (χ1n) is 6.44. The van der Waals surface area contributed by atoms with Gasteiger partial charge in [-0.15, -0.1) is 0 Å². The van der Waals surface area contributed by atoms with Crippen molar-refractivity contribution in [1.82, 2.24) is 15.1 Å². The number of hydrogen-bond acceptors (Lipinski definition) is 4. The SMILES string of the molecule is CN(C)CC1CC(O)CN1C(=O)C1CCCN1. The van der Waals surface area contributed by atoms with E-state index in [1.807, 2.05) is 19.0 Å². The highest BCUT2D eigenvalue weighted by atomic mass is 16.3. The van der Waals surface area contributed by atoms with Crippen molar-refractivity contribution in [2.75, 3.05) is 33.7 Å². The maximum atomic E-state index is 12.3. The van der Waals surface area contributed by atoms with E-state index in [0.717, 1.165) is 25.9 Å². The van der Waals surface area contributed by atoms with Crippen LogP contribution >= 0.6 is 0 Å². The van der Waals surface area contributed by atoms with E-state index in [9.17, 15) is 9.90 Å². The van der Waals surface area contributed by atoms with Crippen molar-refractivity contribution in [2.45, 2.75) is 37.5 Å². The molecule has 2 fully saturated rings. The Kier molecular flexibility index (Phi) is 4.01. The maximum Gasteiger partial charge on any atom is 0.240 e. The minimum Gasteiger partial charge on any atom is -0.391 e. The van der Waals surface area contributed by atoms with E-state index in [4.69, 9.17) is 0 Å². The summed E-state index contributed by atoms with van der Waals surface area (Å²) in [6.45, 7) is 2.26. The Hall–Kier alpha value is -0.650. The molecule has 5 heteroatoms. The molecule has 0 aliphatic carbocycles. The average Bonchev–Trinajstić information content (AvgIpc) is 2.85. The van der Waals surface area contributed by atoms with E-state index in [1.54, 1.807) is 0 Å². The molecule has 2 N–H and O–H groups in total. The Morgan fingerprint density at radius 2 is 2.29 bits per heavy atom. The molecule has 0 bridgehead atoms. The van der Waals surface area contributed by atoms with Crippen LogP contribution in [0.2, 0.25) is 0 Å². The van der Waals surface area contributed by atoms with Gasteiger partial charge in [0.2, 0.25) is 5.91 Å². The van der Waals surface area contributed by atoms with E-state index in [0.29, 0.717) is 13.0 Å². The fourth-order valence-electron chi connectivity index (χ4n) is 2.85. The normalized spacial score (nSPS) is 33.6. The van der Waals surface area contributed by atoms with Gasteiger partial charge >= 0.3 is 0 Å². The highest BCUT2D eigenvalue weighted by molar-refractivity contribution is 5.82. The predicted octanol–water partition coefficient (Wildman–Crippen LogP) is -0.738. The van der Waals surface area contributed by atoms with Crippen molar-refractivity contribution >= 4 is 5.91 Å². The van der Waals surface area contributed by atoms with E-state index in [-0.39, 0.29) is 24.1 Å². The summed E-state index contributed by atoms with van der Waals surface area (Å²) in [5.74, 6) is 0.172. The van der Waals surface area contributed by atoms with Crippen LogP contribution in [0.25, 0.3) is 0 Å². The Morgan fingerprint density at radius 3 is 2.88 bits per heavy atom. The molecule has 0 aromatic carbocycles. The van der Waals surface area contributed by atoms with Gasteiger partial charge in [-0.25, -0.2) is 0 Å². The number of rotatable bonds is 3. The van der Waals surface area contributed by atoms with E-state index in [1.165, 1.54) is 0 Å². The molecule has 3 atom stereocenters. The number of likely N-dealkylation sites (tertiary alicyclic amines) is 1. The summed E-state index contributed by atoms with van der Waals surface area (Å²) >= 11 is 0. The molecule has 0 aromatic rings. The number of β-amino-alcohol motifs (C(OH)–C–C–N with tert-alkyl or cyclic N) is 1. The standard InChI is InChI=1S/C12H23N3O2/c1-14(2)7-9-6-10(16)8-15(9)12(17)11-4-3-5-13-11/h9-11,13,16H,3-8H2,1-2H3. The Balaban J connectivity index is 1.98. The van der Waals surface area contributed by atoms with Gasteiger partial charge in [0.25, 0.3) is 0 Å². The van der Waals surface area contributed by atoms with Crippen molar-refractivity contribution in [3.05, 3.63) is 0 Å². The lowest BCUT2D eigenvalue weighted by Crippen LogP contribution is -2.48. The fourth-order valence-corrected chi connectivity index (χ4v) is 2.85. The number of nitrogens with one attached hydrogen (secondary N) is 1. The summed E-state index contributed by atoms with van der Waals surface area (Å²) in [6.07, 6.45) is 2.35. The smallest absolute Gasteiger partial charge is 0.240 e. The zero-order valence-corrected chi connectivity index (χ0v) is 10.7. The lowest BCUT2D eigenvalue weighted by atomic mass is 10.1. The van der Waals surface area contributed by atoms with Crippen molar-refractivity contribution in [3.8, 4) is 0 Å². The van der Waals surface area contributed by atoms with Crippen molar-refractivity contribution < 1.29 is 9.90 Å². The van der Waals surface area contributed by atoms with Crippen LogP contribution in [0.1, 0.15) is 19.3 Å². The number of hydrogen-bond donors (Lipinski definition) is 2. The van der Waals surface area contributed by atoms with Crippen molar-refractivity contribution in [2.24, 2.45) is 0 Å². The molecule has 0 aromatic heterocycles. The zero-order valence-electron chi connectivity index (χ0n) is 10.7. The van der Waals surface area contributed by atoms with E-state index >= 15 is 0 Å². The summed E-state index contributed by atoms with van der Waals surface area (Å²) in [5, 5.41) is 13.0. The molecule has 5 nitrogen and oxygen atoms in total. The van der Waals surface area contributed by atoms with Crippen LogP contribution in [0.3, 0.4) is 0 Å². The second kappa shape index (κ2) is 5.33. The second-order valence-electron chi connectivity index (χ2n) is 5.45. The van der Waals surface area contributed by atoms with Crippen molar-refractivity contribution in [3.63, 3.8) is 0 Å². The predicted molar refractivity (Wildman–Crippen MR) is 65.7 cm³/mol. The van der Waals surface area contributed by atoms with E-state index < -0.39 is 0 Å². The second-order valence-corrected chi connectivity index (χ2v) is 5.45. The van der Waals surface area contributed by atoms with Gasteiger partial charge in [0.1, 0.15) is 0 Å². The van der Waals surface area contributed by atoms with Crippen LogP contribution in [-0.2, 0) is 4.79 Å². The molecule has 2 heterocycles. The molecule has 2 aliphatic rings. The van der Waals surface area contributed by atoms with Gasteiger partial charge < -0.3 is 20.2 Å². The maximum absolute atomic E-state index is 12.3. The quantitative estimate of drug-likeness (QED) is 0.683. The number of aliphatic hydroxyl groups is 1. The Labute approximate surface area is 103 Å². The van der Waals surface area contributed by atoms with E-state index in [2.05, 4.69) is 10.2 Å². The molecular weight excluding hydrogens is 218 g/mol. The van der Waals surface area contributed by atoms with Crippen LogP contribution in [0.4, 0.5) is 0 Å². The number of carbonyl (C=O) groups is 1. The number of amides is 1. The largest absolute Gasteiger partial charge is 0.391 e. The van der Waals surface area contributed by atoms with Gasteiger partial charge in [-0.05, 0) is 39.9 Å². The summed E-state index contributed by atoms with van der Waals surface area (Å²) in [6, 6.07) is 0.139. The van der Waals surface area contributed by atoms with Crippen LogP contribution in [0.15, 0.2) is 0 Å². The van der Waals surface area contributed by atoms with Crippen LogP contribution in [0.5, 0.6) is 0 Å². The van der Waals surface area contributed by atoms with Gasteiger partial charge in [-0.2, -0.15) is 0 Å². The number of aliphatic hydroxyl groups excluding tert-OH is 1. The molecule has 0 radical (unpaired) electrons. The van der Waals surface area contributed by atoms with Crippen LogP contribution < -0.4 is 5.32 Å². The van der Waals surface area contributed by atoms with Crippen LogP contribution in [-0.4, -0.2) is 72.7 Å².